The average molecular weight is 757 g/mol. The molecule has 5 aromatic heterocycles. The third kappa shape index (κ3) is 6.04. The van der Waals surface area contributed by atoms with E-state index in [1.807, 2.05) is 98.8 Å². The lowest BCUT2D eigenvalue weighted by Gasteiger charge is -2.08. The van der Waals surface area contributed by atoms with E-state index in [1.165, 1.54) is 5.39 Å². The van der Waals surface area contributed by atoms with Gasteiger partial charge in [-0.3, -0.25) is 0 Å². The molecule has 7 nitrogen and oxygen atoms in total. The van der Waals surface area contributed by atoms with Gasteiger partial charge in [0.2, 0.25) is 10.6 Å². The van der Waals surface area contributed by atoms with Gasteiger partial charge in [-0.25, -0.2) is 19.9 Å². The molecular weight excluding hydrogens is 725 g/mol. The minimum atomic E-state index is 0.205. The second-order valence-electron chi connectivity index (χ2n) is 12.5. The van der Waals surface area contributed by atoms with Gasteiger partial charge in [-0.05, 0) is 77.8 Å². The van der Waals surface area contributed by atoms with Crippen LogP contribution in [0.3, 0.4) is 0 Å². The summed E-state index contributed by atoms with van der Waals surface area (Å²) in [4.78, 5) is 17.7. The van der Waals surface area contributed by atoms with E-state index in [-0.39, 0.29) is 10.6 Å². The Kier molecular flexibility index (Phi) is 8.94. The molecule has 0 aliphatic rings. The van der Waals surface area contributed by atoms with E-state index in [0.29, 0.717) is 16.9 Å². The second-order valence-corrected chi connectivity index (χ2v) is 13.2. The van der Waals surface area contributed by atoms with Crippen molar-refractivity contribution in [3.63, 3.8) is 0 Å². The summed E-state index contributed by atoms with van der Waals surface area (Å²) >= 11 is 12.4. The van der Waals surface area contributed by atoms with E-state index in [2.05, 4.69) is 91.2 Å². The molecule has 0 atom stereocenters. The first-order valence-corrected chi connectivity index (χ1v) is 18.7. The summed E-state index contributed by atoms with van der Waals surface area (Å²) in [7, 11) is 0. The summed E-state index contributed by atoms with van der Waals surface area (Å²) in [5.41, 5.74) is 11.1. The Morgan fingerprint density at radius 1 is 0.436 bits per heavy atom. The van der Waals surface area contributed by atoms with Gasteiger partial charge in [0.25, 0.3) is 0 Å². The number of rotatable bonds is 3. The molecule has 9 heteroatoms. The van der Waals surface area contributed by atoms with Crippen molar-refractivity contribution < 1.29 is 8.83 Å². The van der Waals surface area contributed by atoms with Crippen LogP contribution in [0.2, 0.25) is 10.6 Å². The van der Waals surface area contributed by atoms with E-state index in [9.17, 15) is 0 Å². The van der Waals surface area contributed by atoms with Gasteiger partial charge in [-0.2, -0.15) is 0 Å². The smallest absolute Gasteiger partial charge is 0.223 e. The number of halogens is 2. The van der Waals surface area contributed by atoms with E-state index < -0.39 is 0 Å². The molecule has 0 spiro atoms. The van der Waals surface area contributed by atoms with Crippen molar-refractivity contribution in [2.24, 2.45) is 0 Å². The number of para-hydroxylation sites is 4. The number of hydrogen-bond acceptors (Lipinski definition) is 6. The molecule has 0 radical (unpaired) electrons. The highest BCUT2D eigenvalue weighted by Gasteiger charge is 2.19. The normalized spacial score (nSPS) is 11.3. The number of hydrogen-bond donors (Lipinski definition) is 0. The van der Waals surface area contributed by atoms with Crippen molar-refractivity contribution in [2.45, 2.75) is 13.8 Å². The zero-order chi connectivity index (χ0) is 37.5. The largest absolute Gasteiger partial charge is 0.452 e. The lowest BCUT2D eigenvalue weighted by molar-refractivity contribution is 0.667. The first kappa shape index (κ1) is 34.2. The van der Waals surface area contributed by atoms with Crippen LogP contribution in [-0.2, 0) is 0 Å². The summed E-state index contributed by atoms with van der Waals surface area (Å²) in [5.74, 6) is 0. The summed E-state index contributed by atoms with van der Waals surface area (Å²) in [6.07, 6.45) is 0. The van der Waals surface area contributed by atoms with Crippen molar-refractivity contribution >= 4 is 89.1 Å². The molecule has 0 aliphatic heterocycles. The maximum atomic E-state index is 6.36. The molecule has 0 saturated heterocycles. The maximum Gasteiger partial charge on any atom is 0.223 e. The molecule has 0 saturated carbocycles. The number of fused-ring (bicyclic) bond motifs is 9. The van der Waals surface area contributed by atoms with Crippen molar-refractivity contribution in [1.82, 2.24) is 24.5 Å². The number of furan rings is 2. The molecule has 0 N–H and O–H groups in total. The SMILES string of the molecule is CC.Clc1nc(-c2ccc3c(c2)c2ccccc2n3-c2ccccc2)c2oc3ccccc3c2n1.Clc1nc(-c2ccccc2)c2oc3ccccc3c2n1. The molecule has 0 amide bonds. The monoisotopic (exact) mass is 755 g/mol. The average Bonchev–Trinajstić information content (AvgIpc) is 3.91. The number of aromatic nitrogens is 5. The van der Waals surface area contributed by atoms with E-state index in [0.717, 1.165) is 71.9 Å². The minimum absolute atomic E-state index is 0.205. The van der Waals surface area contributed by atoms with Gasteiger partial charge in [0, 0.05) is 38.4 Å². The molecule has 11 aromatic rings. The van der Waals surface area contributed by atoms with Crippen LogP contribution in [0.1, 0.15) is 13.8 Å². The Hall–Kier alpha value is -6.54. The molecule has 55 heavy (non-hydrogen) atoms. The van der Waals surface area contributed by atoms with Gasteiger partial charge in [0.1, 0.15) is 33.6 Å². The molecular formula is C46H31Cl2N5O2. The first-order valence-electron chi connectivity index (χ1n) is 17.9. The van der Waals surface area contributed by atoms with Gasteiger partial charge in [-0.1, -0.05) is 111 Å². The quantitative estimate of drug-likeness (QED) is 0.167. The lowest BCUT2D eigenvalue weighted by Crippen LogP contribution is -1.93. The van der Waals surface area contributed by atoms with Crippen LogP contribution in [0.4, 0.5) is 0 Å². The highest BCUT2D eigenvalue weighted by molar-refractivity contribution is 6.29. The second kappa shape index (κ2) is 14.4. The van der Waals surface area contributed by atoms with Crippen LogP contribution >= 0.6 is 23.2 Å². The molecule has 0 bridgehead atoms. The van der Waals surface area contributed by atoms with Crippen molar-refractivity contribution in [3.05, 3.63) is 162 Å². The van der Waals surface area contributed by atoms with E-state index in [4.69, 9.17) is 32.0 Å². The van der Waals surface area contributed by atoms with Crippen LogP contribution in [0, 0.1) is 0 Å². The van der Waals surface area contributed by atoms with E-state index >= 15 is 0 Å². The molecule has 11 rings (SSSR count). The summed E-state index contributed by atoms with van der Waals surface area (Å²) in [5, 5.41) is 4.63. The molecule has 266 valence electrons. The first-order chi connectivity index (χ1) is 27.1. The predicted molar refractivity (Wildman–Crippen MR) is 225 cm³/mol. The zero-order valence-corrected chi connectivity index (χ0v) is 31.3. The summed E-state index contributed by atoms with van der Waals surface area (Å²) in [6.45, 7) is 4.00. The predicted octanol–water partition coefficient (Wildman–Crippen LogP) is 13.5. The third-order valence-corrected chi connectivity index (χ3v) is 9.73. The van der Waals surface area contributed by atoms with Gasteiger partial charge >= 0.3 is 0 Å². The topological polar surface area (TPSA) is 82.8 Å². The van der Waals surface area contributed by atoms with Crippen LogP contribution in [-0.4, -0.2) is 24.5 Å². The van der Waals surface area contributed by atoms with Crippen molar-refractivity contribution in [1.29, 1.82) is 0 Å². The molecule has 0 fully saturated rings. The Morgan fingerprint density at radius 3 is 1.51 bits per heavy atom. The number of benzene rings is 6. The fourth-order valence-corrected chi connectivity index (χ4v) is 7.43. The highest BCUT2D eigenvalue weighted by atomic mass is 35.5. The van der Waals surface area contributed by atoms with Crippen LogP contribution in [0.5, 0.6) is 0 Å². The van der Waals surface area contributed by atoms with Gasteiger partial charge in [0.05, 0.1) is 11.0 Å². The fraction of sp³-hybridized carbons (Fsp3) is 0.0435. The summed E-state index contributed by atoms with van der Waals surface area (Å²) in [6, 6.07) is 50.7. The fourth-order valence-electron chi connectivity index (χ4n) is 7.09. The lowest BCUT2D eigenvalue weighted by atomic mass is 10.1. The Morgan fingerprint density at radius 2 is 0.909 bits per heavy atom. The molecule has 0 aliphatic carbocycles. The molecule has 6 aromatic carbocycles. The third-order valence-electron chi connectivity index (χ3n) is 9.39. The van der Waals surface area contributed by atoms with Crippen molar-refractivity contribution in [3.8, 4) is 28.2 Å². The minimum Gasteiger partial charge on any atom is -0.452 e. The van der Waals surface area contributed by atoms with Gasteiger partial charge < -0.3 is 13.4 Å². The molecule has 0 unspecified atom stereocenters. The van der Waals surface area contributed by atoms with E-state index in [1.54, 1.807) is 0 Å². The van der Waals surface area contributed by atoms with Crippen LogP contribution in [0.15, 0.2) is 160 Å². The number of nitrogens with zero attached hydrogens (tertiary/aromatic N) is 5. The standard InChI is InChI=1S/C28H16ClN3O.C16H9ClN2O.C2H6/c29-28-30-25(27-26(31-28)20-11-5-7-13-24(20)33-27)17-14-15-23-21(16-17)19-10-4-6-12-22(19)32(23)18-8-2-1-3-9-18;17-16-18-13(10-6-2-1-3-7-10)15-14(19-16)11-8-4-5-9-12(11)20-15;1-2/h1-16H;1-9H;1-2H3. The zero-order valence-electron chi connectivity index (χ0n) is 29.7. The van der Waals surface area contributed by atoms with Gasteiger partial charge in [0.15, 0.2) is 11.2 Å². The Labute approximate surface area is 325 Å². The highest BCUT2D eigenvalue weighted by Crippen LogP contribution is 2.39. The summed E-state index contributed by atoms with van der Waals surface area (Å²) < 4.78 is 14.4. The maximum absolute atomic E-state index is 6.36. The van der Waals surface area contributed by atoms with Gasteiger partial charge in [-0.15, -0.1) is 0 Å². The Bertz CT molecular complexity index is 3150. The van der Waals surface area contributed by atoms with Crippen LogP contribution < -0.4 is 0 Å². The van der Waals surface area contributed by atoms with Crippen molar-refractivity contribution in [2.75, 3.05) is 0 Å². The molecule has 5 heterocycles. The van der Waals surface area contributed by atoms with Crippen LogP contribution in [0.25, 0.3) is 94.1 Å². The Balaban J connectivity index is 0.000000154.